The largest absolute Gasteiger partial charge is 0.474 e. The number of aromatic nitrogens is 2. The van der Waals surface area contributed by atoms with Crippen molar-refractivity contribution < 1.29 is 9.53 Å². The molecule has 0 bridgehead atoms. The Labute approximate surface area is 150 Å². The Hall–Kier alpha value is -1.82. The van der Waals surface area contributed by atoms with Gasteiger partial charge in [-0.1, -0.05) is 6.07 Å². The molecular weight excluding hydrogens is 370 g/mol. The lowest BCUT2D eigenvalue weighted by Gasteiger charge is -2.12. The van der Waals surface area contributed by atoms with E-state index >= 15 is 0 Å². The van der Waals surface area contributed by atoms with Gasteiger partial charge in [0.1, 0.15) is 11.8 Å². The van der Waals surface area contributed by atoms with Crippen LogP contribution >= 0.6 is 15.9 Å². The maximum absolute atomic E-state index is 12.3. The minimum absolute atomic E-state index is 0.0890. The quantitative estimate of drug-likeness (QED) is 0.811. The van der Waals surface area contributed by atoms with Crippen LogP contribution in [0.5, 0.6) is 5.88 Å². The summed E-state index contributed by atoms with van der Waals surface area (Å²) in [5.41, 5.74) is 1.61. The van der Waals surface area contributed by atoms with Crippen molar-refractivity contribution in [3.63, 3.8) is 0 Å². The Morgan fingerprint density at radius 2 is 2.21 bits per heavy atom. The fourth-order valence-corrected chi connectivity index (χ4v) is 3.43. The second-order valence-electron chi connectivity index (χ2n) is 6.04. The predicted octanol–water partition coefficient (Wildman–Crippen LogP) is 3.92. The molecule has 0 aliphatic heterocycles. The van der Waals surface area contributed by atoms with Crippen molar-refractivity contribution in [3.05, 3.63) is 46.3 Å². The zero-order valence-electron chi connectivity index (χ0n) is 13.8. The first-order valence-corrected chi connectivity index (χ1v) is 9.20. The number of amides is 1. The maximum atomic E-state index is 12.3. The van der Waals surface area contributed by atoms with Gasteiger partial charge in [-0.05, 0) is 60.2 Å². The molecule has 1 N–H and O–H groups in total. The van der Waals surface area contributed by atoms with Crippen molar-refractivity contribution in [2.45, 2.75) is 51.8 Å². The van der Waals surface area contributed by atoms with E-state index in [2.05, 4.69) is 26.2 Å². The Balaban J connectivity index is 1.55. The lowest BCUT2D eigenvalue weighted by Crippen LogP contribution is -2.25. The molecule has 24 heavy (non-hydrogen) atoms. The second kappa shape index (κ2) is 7.83. The fourth-order valence-electron chi connectivity index (χ4n) is 2.96. The van der Waals surface area contributed by atoms with Crippen molar-refractivity contribution in [1.29, 1.82) is 0 Å². The molecule has 0 aromatic carbocycles. The topological polar surface area (TPSA) is 56.2 Å². The molecule has 128 valence electrons. The summed E-state index contributed by atoms with van der Waals surface area (Å²) in [6.45, 7) is 3.21. The highest BCUT2D eigenvalue weighted by Crippen LogP contribution is 2.22. The van der Waals surface area contributed by atoms with E-state index in [0.29, 0.717) is 24.2 Å². The molecule has 2 aromatic rings. The molecule has 0 saturated heterocycles. The van der Waals surface area contributed by atoms with Gasteiger partial charge in [-0.25, -0.2) is 4.98 Å². The third-order valence-electron chi connectivity index (χ3n) is 4.28. The number of nitrogens with one attached hydrogen (secondary N) is 1. The van der Waals surface area contributed by atoms with Gasteiger partial charge in [0.15, 0.2) is 0 Å². The van der Waals surface area contributed by atoms with Gasteiger partial charge in [-0.2, -0.15) is 0 Å². The van der Waals surface area contributed by atoms with Gasteiger partial charge >= 0.3 is 0 Å². The summed E-state index contributed by atoms with van der Waals surface area (Å²) in [5, 5.41) is 2.93. The van der Waals surface area contributed by atoms with E-state index in [1.807, 2.05) is 35.9 Å². The van der Waals surface area contributed by atoms with Crippen LogP contribution in [0.25, 0.3) is 0 Å². The minimum atomic E-state index is -0.0890. The molecule has 1 saturated carbocycles. The van der Waals surface area contributed by atoms with Crippen LogP contribution in [-0.2, 0) is 13.1 Å². The van der Waals surface area contributed by atoms with Gasteiger partial charge in [0.05, 0.1) is 0 Å². The Bertz CT molecular complexity index is 691. The van der Waals surface area contributed by atoms with E-state index in [1.54, 1.807) is 6.20 Å². The third kappa shape index (κ3) is 4.17. The smallest absolute Gasteiger partial charge is 0.268 e. The van der Waals surface area contributed by atoms with Crippen LogP contribution in [0.15, 0.2) is 35.1 Å². The molecule has 0 unspecified atom stereocenters. The number of aryl methyl sites for hydroxylation is 1. The SMILES string of the molecule is CCn1cc(Br)cc1C(=O)NCc1ccc(OC2CCCC2)nc1. The summed E-state index contributed by atoms with van der Waals surface area (Å²) in [5.74, 6) is 0.578. The van der Waals surface area contributed by atoms with Crippen LogP contribution in [0.3, 0.4) is 0 Å². The van der Waals surface area contributed by atoms with Crippen LogP contribution in [0.2, 0.25) is 0 Å². The fraction of sp³-hybridized carbons (Fsp3) is 0.444. The van der Waals surface area contributed by atoms with Crippen LogP contribution in [0.4, 0.5) is 0 Å². The Morgan fingerprint density at radius 3 is 2.88 bits per heavy atom. The van der Waals surface area contributed by atoms with Crippen molar-refractivity contribution in [2.75, 3.05) is 0 Å². The van der Waals surface area contributed by atoms with Crippen LogP contribution in [0, 0.1) is 0 Å². The predicted molar refractivity (Wildman–Crippen MR) is 96.1 cm³/mol. The average Bonchev–Trinajstić information content (AvgIpc) is 3.23. The number of carbonyl (C=O) groups is 1. The average molecular weight is 392 g/mol. The van der Waals surface area contributed by atoms with Crippen molar-refractivity contribution >= 4 is 21.8 Å². The molecule has 3 rings (SSSR count). The monoisotopic (exact) mass is 391 g/mol. The Morgan fingerprint density at radius 1 is 1.42 bits per heavy atom. The van der Waals surface area contributed by atoms with Crippen LogP contribution in [-0.4, -0.2) is 21.6 Å². The van der Waals surface area contributed by atoms with Crippen molar-refractivity contribution in [1.82, 2.24) is 14.9 Å². The van der Waals surface area contributed by atoms with E-state index in [-0.39, 0.29) is 5.91 Å². The van der Waals surface area contributed by atoms with Crippen LogP contribution in [0.1, 0.15) is 48.7 Å². The molecule has 0 atom stereocenters. The molecule has 1 aliphatic carbocycles. The molecule has 2 aromatic heterocycles. The normalized spacial score (nSPS) is 14.8. The van der Waals surface area contributed by atoms with E-state index in [1.165, 1.54) is 12.8 Å². The third-order valence-corrected chi connectivity index (χ3v) is 4.71. The summed E-state index contributed by atoms with van der Waals surface area (Å²) in [6.07, 6.45) is 8.70. The van der Waals surface area contributed by atoms with Crippen LogP contribution < -0.4 is 10.1 Å². The number of nitrogens with zero attached hydrogens (tertiary/aromatic N) is 2. The first-order chi connectivity index (χ1) is 11.7. The lowest BCUT2D eigenvalue weighted by atomic mass is 10.2. The first kappa shape index (κ1) is 17.0. The van der Waals surface area contributed by atoms with Gasteiger partial charge in [-0.15, -0.1) is 0 Å². The summed E-state index contributed by atoms with van der Waals surface area (Å²) >= 11 is 3.41. The maximum Gasteiger partial charge on any atom is 0.268 e. The van der Waals surface area contributed by atoms with E-state index < -0.39 is 0 Å². The molecule has 1 aliphatic rings. The molecule has 0 radical (unpaired) electrons. The van der Waals surface area contributed by atoms with Crippen molar-refractivity contribution in [2.24, 2.45) is 0 Å². The van der Waals surface area contributed by atoms with Gasteiger partial charge < -0.3 is 14.6 Å². The van der Waals surface area contributed by atoms with Gasteiger partial charge in [0, 0.05) is 36.0 Å². The molecule has 2 heterocycles. The molecule has 0 spiro atoms. The van der Waals surface area contributed by atoms with Gasteiger partial charge in [-0.3, -0.25) is 4.79 Å². The zero-order chi connectivity index (χ0) is 16.9. The number of hydrogen-bond donors (Lipinski definition) is 1. The molecular formula is C18H22BrN3O2. The van der Waals surface area contributed by atoms with Gasteiger partial charge in [0.25, 0.3) is 5.91 Å². The summed E-state index contributed by atoms with van der Waals surface area (Å²) < 4.78 is 8.67. The summed E-state index contributed by atoms with van der Waals surface area (Å²) in [6, 6.07) is 5.66. The van der Waals surface area contributed by atoms with E-state index in [4.69, 9.17) is 4.74 Å². The number of halogens is 1. The second-order valence-corrected chi connectivity index (χ2v) is 6.96. The van der Waals surface area contributed by atoms with Crippen molar-refractivity contribution in [3.8, 4) is 5.88 Å². The highest BCUT2D eigenvalue weighted by Gasteiger charge is 2.17. The number of pyridine rings is 1. The van der Waals surface area contributed by atoms with E-state index in [9.17, 15) is 4.79 Å². The van der Waals surface area contributed by atoms with Gasteiger partial charge in [0.2, 0.25) is 5.88 Å². The highest BCUT2D eigenvalue weighted by molar-refractivity contribution is 9.10. The summed E-state index contributed by atoms with van der Waals surface area (Å²) in [4.78, 5) is 16.7. The molecule has 1 fully saturated rings. The number of hydrogen-bond acceptors (Lipinski definition) is 3. The first-order valence-electron chi connectivity index (χ1n) is 8.41. The molecule has 1 amide bonds. The zero-order valence-corrected chi connectivity index (χ0v) is 15.4. The Kier molecular flexibility index (Phi) is 5.56. The number of ether oxygens (including phenoxy) is 1. The highest BCUT2D eigenvalue weighted by atomic mass is 79.9. The molecule has 6 heteroatoms. The minimum Gasteiger partial charge on any atom is -0.474 e. The summed E-state index contributed by atoms with van der Waals surface area (Å²) in [7, 11) is 0. The number of carbonyl (C=O) groups excluding carboxylic acids is 1. The standard InChI is InChI=1S/C18H22BrN3O2/c1-2-22-12-14(19)9-16(22)18(23)21-11-13-7-8-17(20-10-13)24-15-5-3-4-6-15/h7-10,12,15H,2-6,11H2,1H3,(H,21,23). The lowest BCUT2D eigenvalue weighted by molar-refractivity contribution is 0.0941. The number of rotatable bonds is 6. The van der Waals surface area contributed by atoms with E-state index in [0.717, 1.165) is 29.4 Å². The molecule has 5 nitrogen and oxygen atoms in total.